The largest absolute Gasteiger partial charge is 0.573 e. The van der Waals surface area contributed by atoms with Crippen molar-refractivity contribution in [1.29, 1.82) is 0 Å². The predicted octanol–water partition coefficient (Wildman–Crippen LogP) is 3.23. The highest BCUT2D eigenvalue weighted by Gasteiger charge is 2.33. The highest BCUT2D eigenvalue weighted by atomic mass is 19.4. The van der Waals surface area contributed by atoms with Crippen molar-refractivity contribution >= 4 is 11.7 Å². The molecule has 1 aliphatic heterocycles. The second-order valence-corrected chi connectivity index (χ2v) is 4.98. The average Bonchev–Trinajstić information content (AvgIpc) is 2.42. The van der Waals surface area contributed by atoms with E-state index in [2.05, 4.69) is 10.1 Å². The molecule has 0 aromatic heterocycles. The molecule has 2 amide bonds. The number of nitrogens with one attached hydrogen (secondary N) is 1. The number of halogens is 3. The fraction of sp³-hybridized carbons (Fsp3) is 0.500. The van der Waals surface area contributed by atoms with Crippen molar-refractivity contribution in [3.8, 4) is 5.75 Å². The number of benzene rings is 1. The number of urea groups is 1. The van der Waals surface area contributed by atoms with Crippen LogP contribution in [0.15, 0.2) is 24.3 Å². The van der Waals surface area contributed by atoms with Crippen molar-refractivity contribution in [3.63, 3.8) is 0 Å². The van der Waals surface area contributed by atoms with Crippen LogP contribution in [-0.2, 0) is 4.74 Å². The third-order valence-electron chi connectivity index (χ3n) is 3.50. The lowest BCUT2D eigenvalue weighted by molar-refractivity contribution is -0.274. The fourth-order valence-electron chi connectivity index (χ4n) is 2.19. The summed E-state index contributed by atoms with van der Waals surface area (Å²) in [5.41, 5.74) is -0.0313. The topological polar surface area (TPSA) is 50.8 Å². The zero-order chi connectivity index (χ0) is 16.3. The summed E-state index contributed by atoms with van der Waals surface area (Å²) in [5.74, 6) is -0.447. The number of hydrogen-bond donors (Lipinski definition) is 1. The van der Waals surface area contributed by atoms with Crippen molar-refractivity contribution in [2.45, 2.75) is 32.4 Å². The van der Waals surface area contributed by atoms with Gasteiger partial charge >= 0.3 is 12.4 Å². The molecule has 1 heterocycles. The van der Waals surface area contributed by atoms with Crippen LogP contribution < -0.4 is 10.1 Å². The van der Waals surface area contributed by atoms with Gasteiger partial charge in [0.1, 0.15) is 0 Å². The van der Waals surface area contributed by atoms with Crippen LogP contribution in [-0.4, -0.2) is 42.6 Å². The van der Waals surface area contributed by atoms with E-state index < -0.39 is 18.1 Å². The summed E-state index contributed by atoms with van der Waals surface area (Å²) in [5, 5.41) is 2.46. The molecular weight excluding hydrogens is 301 g/mol. The Labute approximate surface area is 126 Å². The molecule has 1 aliphatic rings. The molecule has 1 aromatic carbocycles. The SMILES string of the molecule is C[C@H]1OCCN(C(=O)Nc2ccccc2OC(F)(F)F)[C@H]1C. The first-order chi connectivity index (χ1) is 10.3. The first kappa shape index (κ1) is 16.4. The van der Waals surface area contributed by atoms with Gasteiger partial charge in [-0.3, -0.25) is 0 Å². The van der Waals surface area contributed by atoms with Gasteiger partial charge in [0, 0.05) is 6.54 Å². The standard InChI is InChI=1S/C14H17F3N2O3/c1-9-10(2)21-8-7-19(9)13(20)18-11-5-3-4-6-12(11)22-14(15,16)17/h3-6,9-10H,7-8H2,1-2H3,(H,18,20)/t9-,10+/m0/s1. The molecule has 0 spiro atoms. The van der Waals surface area contributed by atoms with E-state index in [4.69, 9.17) is 4.74 Å². The van der Waals surface area contributed by atoms with Gasteiger partial charge in [0.05, 0.1) is 24.4 Å². The number of morpholine rings is 1. The van der Waals surface area contributed by atoms with E-state index in [0.29, 0.717) is 13.2 Å². The molecule has 8 heteroatoms. The Kier molecular flexibility index (Phi) is 4.80. The highest BCUT2D eigenvalue weighted by molar-refractivity contribution is 5.91. The lowest BCUT2D eigenvalue weighted by atomic mass is 10.1. The maximum Gasteiger partial charge on any atom is 0.573 e. The van der Waals surface area contributed by atoms with Crippen molar-refractivity contribution in [2.24, 2.45) is 0 Å². The normalized spacial score (nSPS) is 22.3. The molecule has 0 aliphatic carbocycles. The number of alkyl halides is 3. The molecule has 2 rings (SSSR count). The molecule has 0 saturated carbocycles. The van der Waals surface area contributed by atoms with Crippen LogP contribution in [0.3, 0.4) is 0 Å². The smallest absolute Gasteiger partial charge is 0.404 e. The molecule has 1 N–H and O–H groups in total. The second-order valence-electron chi connectivity index (χ2n) is 4.98. The molecule has 0 bridgehead atoms. The van der Waals surface area contributed by atoms with Crippen LogP contribution >= 0.6 is 0 Å². The lowest BCUT2D eigenvalue weighted by Crippen LogP contribution is -2.52. The third kappa shape index (κ3) is 4.03. The molecule has 1 fully saturated rings. The molecule has 1 saturated heterocycles. The van der Waals surface area contributed by atoms with Crippen LogP contribution in [0.2, 0.25) is 0 Å². The fourth-order valence-corrected chi connectivity index (χ4v) is 2.19. The Balaban J connectivity index is 2.11. The van der Waals surface area contributed by atoms with Gasteiger partial charge in [-0.2, -0.15) is 0 Å². The number of nitrogens with zero attached hydrogens (tertiary/aromatic N) is 1. The number of anilines is 1. The first-order valence-electron chi connectivity index (χ1n) is 6.82. The van der Waals surface area contributed by atoms with Crippen molar-refractivity contribution in [3.05, 3.63) is 24.3 Å². The predicted molar refractivity (Wildman–Crippen MR) is 73.7 cm³/mol. The van der Waals surface area contributed by atoms with E-state index in [9.17, 15) is 18.0 Å². The number of carbonyl (C=O) groups excluding carboxylic acids is 1. The van der Waals surface area contributed by atoms with Gasteiger partial charge in [0.25, 0.3) is 0 Å². The molecule has 1 aromatic rings. The quantitative estimate of drug-likeness (QED) is 0.911. The number of rotatable bonds is 2. The van der Waals surface area contributed by atoms with Crippen LogP contribution in [0, 0.1) is 0 Å². The number of para-hydroxylation sites is 2. The summed E-state index contributed by atoms with van der Waals surface area (Å²) < 4.78 is 46.4. The van der Waals surface area contributed by atoms with E-state index in [1.165, 1.54) is 23.1 Å². The Morgan fingerprint density at radius 1 is 1.36 bits per heavy atom. The summed E-state index contributed by atoms with van der Waals surface area (Å²) in [6.07, 6.45) is -4.96. The molecule has 22 heavy (non-hydrogen) atoms. The van der Waals surface area contributed by atoms with Crippen LogP contribution in [0.25, 0.3) is 0 Å². The summed E-state index contributed by atoms with van der Waals surface area (Å²) in [4.78, 5) is 13.8. The Morgan fingerprint density at radius 3 is 2.73 bits per heavy atom. The van der Waals surface area contributed by atoms with Crippen molar-refractivity contribution in [1.82, 2.24) is 4.90 Å². The minimum absolute atomic E-state index is 0.0313. The van der Waals surface area contributed by atoms with Gasteiger partial charge in [0.15, 0.2) is 5.75 Å². The molecule has 2 atom stereocenters. The van der Waals surface area contributed by atoms with E-state index in [1.807, 2.05) is 13.8 Å². The van der Waals surface area contributed by atoms with E-state index in [1.54, 1.807) is 0 Å². The van der Waals surface area contributed by atoms with Crippen molar-refractivity contribution < 1.29 is 27.4 Å². The maximum absolute atomic E-state index is 12.4. The summed E-state index contributed by atoms with van der Waals surface area (Å²) in [6, 6.07) is 4.76. The van der Waals surface area contributed by atoms with Crippen LogP contribution in [0.4, 0.5) is 23.7 Å². The maximum atomic E-state index is 12.4. The van der Waals surface area contributed by atoms with E-state index in [0.717, 1.165) is 6.07 Å². The zero-order valence-electron chi connectivity index (χ0n) is 12.2. The third-order valence-corrected chi connectivity index (χ3v) is 3.50. The summed E-state index contributed by atoms with van der Waals surface area (Å²) in [6.45, 7) is 4.42. The van der Waals surface area contributed by atoms with Gasteiger partial charge in [-0.15, -0.1) is 13.2 Å². The summed E-state index contributed by atoms with van der Waals surface area (Å²) in [7, 11) is 0. The minimum atomic E-state index is -4.82. The van der Waals surface area contributed by atoms with Crippen LogP contribution in [0.1, 0.15) is 13.8 Å². The average molecular weight is 318 g/mol. The van der Waals surface area contributed by atoms with E-state index >= 15 is 0 Å². The van der Waals surface area contributed by atoms with Gasteiger partial charge in [-0.05, 0) is 26.0 Å². The van der Waals surface area contributed by atoms with Gasteiger partial charge in [0.2, 0.25) is 0 Å². The molecule has 0 radical (unpaired) electrons. The number of amides is 2. The number of carbonyl (C=O) groups is 1. The van der Waals surface area contributed by atoms with Gasteiger partial charge in [-0.1, -0.05) is 12.1 Å². The Morgan fingerprint density at radius 2 is 2.05 bits per heavy atom. The van der Waals surface area contributed by atoms with Crippen LogP contribution in [0.5, 0.6) is 5.75 Å². The molecule has 122 valence electrons. The molecular formula is C14H17F3N2O3. The minimum Gasteiger partial charge on any atom is -0.404 e. The second kappa shape index (κ2) is 6.43. The number of hydrogen-bond acceptors (Lipinski definition) is 3. The van der Waals surface area contributed by atoms with Gasteiger partial charge < -0.3 is 19.7 Å². The molecule has 0 unspecified atom stereocenters. The molecule has 5 nitrogen and oxygen atoms in total. The van der Waals surface area contributed by atoms with E-state index in [-0.39, 0.29) is 17.8 Å². The Hall–Kier alpha value is -1.96. The first-order valence-corrected chi connectivity index (χ1v) is 6.82. The number of ether oxygens (including phenoxy) is 2. The Bertz CT molecular complexity index is 536. The lowest BCUT2D eigenvalue weighted by Gasteiger charge is -2.37. The van der Waals surface area contributed by atoms with Gasteiger partial charge in [-0.25, -0.2) is 4.79 Å². The summed E-state index contributed by atoms with van der Waals surface area (Å²) >= 11 is 0. The zero-order valence-corrected chi connectivity index (χ0v) is 12.2. The van der Waals surface area contributed by atoms with Crippen molar-refractivity contribution in [2.75, 3.05) is 18.5 Å². The highest BCUT2D eigenvalue weighted by Crippen LogP contribution is 2.30. The monoisotopic (exact) mass is 318 g/mol.